The minimum absolute atomic E-state index is 0.00354. The van der Waals surface area contributed by atoms with Gasteiger partial charge in [-0.3, -0.25) is 4.79 Å². The largest absolute Gasteiger partial charge is 0.390 e. The molecule has 0 aliphatic carbocycles. The molecule has 0 saturated heterocycles. The predicted molar refractivity (Wildman–Crippen MR) is 72.6 cm³/mol. The number of nitrogens with two attached hydrogens (primary N) is 1. The van der Waals surface area contributed by atoms with Gasteiger partial charge in [0, 0.05) is 11.9 Å². The number of nitrogens with zero attached hydrogens (tertiary/aromatic N) is 1. The number of nitrogens with one attached hydrogen (secondary N) is 2. The van der Waals surface area contributed by atoms with E-state index in [2.05, 4.69) is 15.7 Å². The summed E-state index contributed by atoms with van der Waals surface area (Å²) in [5.74, 6) is 4.96. The molecule has 2 aromatic rings. The van der Waals surface area contributed by atoms with Crippen molar-refractivity contribution in [1.29, 1.82) is 0 Å². The smallest absolute Gasteiger partial charge is 0.350 e. The van der Waals surface area contributed by atoms with Crippen LogP contribution < -0.4 is 16.6 Å². The van der Waals surface area contributed by atoms with E-state index in [1.807, 2.05) is 0 Å². The highest BCUT2D eigenvalue weighted by atomic mass is 19.4. The van der Waals surface area contributed by atoms with Crippen LogP contribution in [-0.2, 0) is 0 Å². The fourth-order valence-electron chi connectivity index (χ4n) is 1.83. The molecule has 112 valence electrons. The third-order valence-electron chi connectivity index (χ3n) is 2.80. The fraction of sp³-hybridized carbons (Fsp3) is 0.231. The summed E-state index contributed by atoms with van der Waals surface area (Å²) in [6.07, 6.45) is -5.40. The summed E-state index contributed by atoms with van der Waals surface area (Å²) < 4.78 is 36.1. The number of carbonyl (C=O) groups is 1. The van der Waals surface area contributed by atoms with Gasteiger partial charge >= 0.3 is 6.18 Å². The standard InChI is InChI=1S/C13H13F3N4O/c14-13(15,16)5-6-18-12(21)10-7-8-3-1-2-4-9(8)11(19-10)20-17/h1-4,7H,5-6,17H2,(H,18,21)(H,19,20). The van der Waals surface area contributed by atoms with Crippen LogP contribution in [0.25, 0.3) is 10.8 Å². The summed E-state index contributed by atoms with van der Waals surface area (Å²) in [7, 11) is 0. The third kappa shape index (κ3) is 3.82. The van der Waals surface area contributed by atoms with Crippen molar-refractivity contribution < 1.29 is 18.0 Å². The second kappa shape index (κ2) is 5.96. The molecular weight excluding hydrogens is 285 g/mol. The summed E-state index contributed by atoms with van der Waals surface area (Å²) in [6, 6.07) is 8.58. The van der Waals surface area contributed by atoms with Crippen molar-refractivity contribution in [3.8, 4) is 0 Å². The maximum Gasteiger partial charge on any atom is 0.390 e. The van der Waals surface area contributed by atoms with Crippen LogP contribution in [-0.4, -0.2) is 23.6 Å². The molecule has 0 fully saturated rings. The van der Waals surface area contributed by atoms with E-state index in [1.165, 1.54) is 6.07 Å². The Morgan fingerprint density at radius 1 is 1.29 bits per heavy atom. The van der Waals surface area contributed by atoms with Crippen molar-refractivity contribution in [2.24, 2.45) is 5.84 Å². The second-order valence-electron chi connectivity index (χ2n) is 4.34. The number of rotatable bonds is 4. The number of fused-ring (bicyclic) bond motifs is 1. The zero-order valence-corrected chi connectivity index (χ0v) is 10.9. The lowest BCUT2D eigenvalue weighted by atomic mass is 10.1. The van der Waals surface area contributed by atoms with Gasteiger partial charge in [0.05, 0.1) is 6.42 Å². The first-order valence-electron chi connectivity index (χ1n) is 6.12. The summed E-state index contributed by atoms with van der Waals surface area (Å²) in [6.45, 7) is -0.498. The van der Waals surface area contributed by atoms with Gasteiger partial charge < -0.3 is 10.7 Å². The minimum atomic E-state index is -4.31. The van der Waals surface area contributed by atoms with Gasteiger partial charge in [0.25, 0.3) is 5.91 Å². The van der Waals surface area contributed by atoms with Gasteiger partial charge in [-0.1, -0.05) is 24.3 Å². The van der Waals surface area contributed by atoms with Crippen LogP contribution in [0.5, 0.6) is 0 Å². The number of halogens is 3. The highest BCUT2D eigenvalue weighted by Gasteiger charge is 2.26. The number of anilines is 1. The van der Waals surface area contributed by atoms with Gasteiger partial charge in [0.2, 0.25) is 0 Å². The second-order valence-corrected chi connectivity index (χ2v) is 4.34. The Balaban J connectivity index is 2.20. The number of hydrogen-bond acceptors (Lipinski definition) is 4. The summed E-state index contributed by atoms with van der Waals surface area (Å²) in [5.41, 5.74) is 2.38. The van der Waals surface area contributed by atoms with E-state index in [9.17, 15) is 18.0 Å². The third-order valence-corrected chi connectivity index (χ3v) is 2.80. The molecule has 0 aliphatic heterocycles. The molecule has 1 heterocycles. The van der Waals surface area contributed by atoms with Gasteiger partial charge in [-0.05, 0) is 11.5 Å². The van der Waals surface area contributed by atoms with E-state index in [-0.39, 0.29) is 11.5 Å². The van der Waals surface area contributed by atoms with Crippen molar-refractivity contribution in [3.05, 3.63) is 36.0 Å². The van der Waals surface area contributed by atoms with E-state index in [0.717, 1.165) is 0 Å². The van der Waals surface area contributed by atoms with Crippen molar-refractivity contribution >= 4 is 22.5 Å². The first kappa shape index (κ1) is 15.0. The number of hydrogen-bond donors (Lipinski definition) is 3. The number of carbonyl (C=O) groups excluding carboxylic acids is 1. The molecule has 2 rings (SSSR count). The average Bonchev–Trinajstić information content (AvgIpc) is 2.44. The van der Waals surface area contributed by atoms with Crippen LogP contribution in [0.15, 0.2) is 30.3 Å². The number of amides is 1. The zero-order chi connectivity index (χ0) is 15.5. The molecule has 1 amide bonds. The monoisotopic (exact) mass is 298 g/mol. The molecular formula is C13H13F3N4O. The number of nitrogen functional groups attached to an aromatic ring is 1. The van der Waals surface area contributed by atoms with Crippen LogP contribution >= 0.6 is 0 Å². The number of alkyl halides is 3. The van der Waals surface area contributed by atoms with Crippen LogP contribution in [0, 0.1) is 0 Å². The molecule has 1 aromatic heterocycles. The molecule has 8 heteroatoms. The molecule has 0 spiro atoms. The van der Waals surface area contributed by atoms with E-state index in [0.29, 0.717) is 10.8 Å². The lowest BCUT2D eigenvalue weighted by molar-refractivity contribution is -0.132. The van der Waals surface area contributed by atoms with E-state index >= 15 is 0 Å². The van der Waals surface area contributed by atoms with Gasteiger partial charge in [0.15, 0.2) is 0 Å². The number of hydrazine groups is 1. The van der Waals surface area contributed by atoms with Gasteiger partial charge in [-0.2, -0.15) is 13.2 Å². The minimum Gasteiger partial charge on any atom is -0.350 e. The summed E-state index contributed by atoms with van der Waals surface area (Å²) in [4.78, 5) is 15.8. The first-order valence-corrected chi connectivity index (χ1v) is 6.12. The Bertz CT molecular complexity index is 657. The fourth-order valence-corrected chi connectivity index (χ4v) is 1.83. The SMILES string of the molecule is NNc1nc(C(=O)NCCC(F)(F)F)cc2ccccc12. The summed E-state index contributed by atoms with van der Waals surface area (Å²) >= 11 is 0. The van der Waals surface area contributed by atoms with E-state index in [1.54, 1.807) is 24.3 Å². The van der Waals surface area contributed by atoms with Gasteiger partial charge in [-0.15, -0.1) is 0 Å². The van der Waals surface area contributed by atoms with E-state index < -0.39 is 25.0 Å². The Kier molecular flexibility index (Phi) is 4.27. The Morgan fingerprint density at radius 3 is 2.67 bits per heavy atom. The molecule has 0 saturated carbocycles. The van der Waals surface area contributed by atoms with Gasteiger partial charge in [-0.25, -0.2) is 10.8 Å². The average molecular weight is 298 g/mol. The molecule has 5 nitrogen and oxygen atoms in total. The molecule has 0 atom stereocenters. The maximum atomic E-state index is 12.0. The zero-order valence-electron chi connectivity index (χ0n) is 10.9. The summed E-state index contributed by atoms with van der Waals surface area (Å²) in [5, 5.41) is 3.61. The lowest BCUT2D eigenvalue weighted by Gasteiger charge is -2.10. The Hall–Kier alpha value is -2.35. The van der Waals surface area contributed by atoms with Crippen LogP contribution in [0.2, 0.25) is 0 Å². The van der Waals surface area contributed by atoms with Crippen molar-refractivity contribution in [2.75, 3.05) is 12.0 Å². The van der Waals surface area contributed by atoms with Crippen molar-refractivity contribution in [1.82, 2.24) is 10.3 Å². The predicted octanol–water partition coefficient (Wildman–Crippen LogP) is 2.20. The van der Waals surface area contributed by atoms with Crippen LogP contribution in [0.1, 0.15) is 16.9 Å². The normalized spacial score (nSPS) is 11.4. The maximum absolute atomic E-state index is 12.0. The number of pyridine rings is 1. The Morgan fingerprint density at radius 2 is 2.00 bits per heavy atom. The Labute approximate surface area is 118 Å². The van der Waals surface area contributed by atoms with Gasteiger partial charge in [0.1, 0.15) is 11.5 Å². The molecule has 21 heavy (non-hydrogen) atoms. The first-order chi connectivity index (χ1) is 9.90. The van der Waals surface area contributed by atoms with Crippen molar-refractivity contribution in [3.63, 3.8) is 0 Å². The lowest BCUT2D eigenvalue weighted by Crippen LogP contribution is -2.28. The molecule has 0 bridgehead atoms. The molecule has 0 radical (unpaired) electrons. The highest BCUT2D eigenvalue weighted by Crippen LogP contribution is 2.22. The topological polar surface area (TPSA) is 80.0 Å². The molecule has 4 N–H and O–H groups in total. The van der Waals surface area contributed by atoms with E-state index in [4.69, 9.17) is 5.84 Å². The van der Waals surface area contributed by atoms with Crippen LogP contribution in [0.4, 0.5) is 19.0 Å². The van der Waals surface area contributed by atoms with Crippen LogP contribution in [0.3, 0.4) is 0 Å². The molecule has 0 unspecified atom stereocenters. The quantitative estimate of drug-likeness (QED) is 0.597. The molecule has 1 aromatic carbocycles. The molecule has 0 aliphatic rings. The number of benzene rings is 1. The highest BCUT2D eigenvalue weighted by molar-refractivity contribution is 6.00. The van der Waals surface area contributed by atoms with Crippen molar-refractivity contribution in [2.45, 2.75) is 12.6 Å². The number of aromatic nitrogens is 1.